The first-order valence-electron chi connectivity index (χ1n) is 9.40. The largest absolute Gasteiger partial charge is 0.203 e. The number of hydrogen-bond donors (Lipinski definition) is 0. The van der Waals surface area contributed by atoms with E-state index >= 15 is 0 Å². The van der Waals surface area contributed by atoms with E-state index in [1.807, 2.05) is 36.4 Å². The zero-order valence-corrected chi connectivity index (χ0v) is 20.0. The molecule has 5 heteroatoms. The Kier molecular flexibility index (Phi) is 6.71. The molecule has 0 spiro atoms. The number of hydrogen-bond acceptors (Lipinski definition) is 0. The van der Waals surface area contributed by atoms with Crippen molar-refractivity contribution in [1.82, 2.24) is 0 Å². The summed E-state index contributed by atoms with van der Waals surface area (Å²) in [6, 6.07) is 20.3. The Morgan fingerprint density at radius 1 is 0.645 bits per heavy atom. The molecule has 0 bridgehead atoms. The molecule has 0 aliphatic carbocycles. The summed E-state index contributed by atoms with van der Waals surface area (Å²) in [6.07, 6.45) is 6.57. The van der Waals surface area contributed by atoms with Crippen LogP contribution in [0.1, 0.15) is 22.3 Å². The molecular formula is C26H15Br2ClF2. The molecular weight excluding hydrogens is 546 g/mol. The van der Waals surface area contributed by atoms with Crippen molar-refractivity contribution < 1.29 is 8.78 Å². The summed E-state index contributed by atoms with van der Waals surface area (Å²) in [5.41, 5.74) is 2.00. The van der Waals surface area contributed by atoms with Gasteiger partial charge in [0, 0.05) is 25.1 Å². The molecule has 0 aliphatic heterocycles. The first-order chi connectivity index (χ1) is 14.9. The van der Waals surface area contributed by atoms with Crippen molar-refractivity contribution >= 4 is 78.5 Å². The highest BCUT2D eigenvalue weighted by molar-refractivity contribution is 9.11. The van der Waals surface area contributed by atoms with E-state index in [1.54, 1.807) is 48.6 Å². The molecule has 0 heterocycles. The van der Waals surface area contributed by atoms with Crippen LogP contribution in [0.5, 0.6) is 0 Å². The molecule has 0 saturated carbocycles. The van der Waals surface area contributed by atoms with E-state index in [-0.39, 0.29) is 11.1 Å². The molecule has 0 saturated heterocycles. The quantitative estimate of drug-likeness (QED) is 0.218. The SMILES string of the molecule is Fc1c(/C=C\c2cc(Cl)ccc2Br)ccc(/C=C\c2ccc3ccccc3c2Br)c1F. The first-order valence-corrected chi connectivity index (χ1v) is 11.4. The highest BCUT2D eigenvalue weighted by Crippen LogP contribution is 2.30. The number of rotatable bonds is 4. The van der Waals surface area contributed by atoms with E-state index < -0.39 is 11.6 Å². The maximum absolute atomic E-state index is 14.7. The van der Waals surface area contributed by atoms with Crippen LogP contribution in [0, 0.1) is 11.6 Å². The van der Waals surface area contributed by atoms with Crippen molar-refractivity contribution in [3.63, 3.8) is 0 Å². The van der Waals surface area contributed by atoms with Crippen LogP contribution in [0.15, 0.2) is 75.7 Å². The van der Waals surface area contributed by atoms with Gasteiger partial charge in [-0.15, -0.1) is 0 Å². The van der Waals surface area contributed by atoms with Gasteiger partial charge < -0.3 is 0 Å². The molecule has 4 aromatic carbocycles. The third-order valence-corrected chi connectivity index (χ3v) is 6.72. The predicted molar refractivity (Wildman–Crippen MR) is 135 cm³/mol. The highest BCUT2D eigenvalue weighted by atomic mass is 79.9. The fraction of sp³-hybridized carbons (Fsp3) is 0. The van der Waals surface area contributed by atoms with E-state index in [9.17, 15) is 8.78 Å². The molecule has 0 nitrogen and oxygen atoms in total. The summed E-state index contributed by atoms with van der Waals surface area (Å²) in [5, 5.41) is 2.73. The van der Waals surface area contributed by atoms with Gasteiger partial charge in [0.1, 0.15) is 0 Å². The number of fused-ring (bicyclic) bond motifs is 1. The lowest BCUT2D eigenvalue weighted by atomic mass is 10.0. The summed E-state index contributed by atoms with van der Waals surface area (Å²) in [4.78, 5) is 0. The third-order valence-electron chi connectivity index (χ3n) is 4.88. The molecule has 0 amide bonds. The number of benzene rings is 4. The molecule has 4 rings (SSSR count). The standard InChI is InChI=1S/C26H15Br2ClF2/c27-23-14-13-21(29)15-20(23)12-11-19-10-9-18(25(30)26(19)31)8-7-17-6-5-16-3-1-2-4-22(16)24(17)28/h1-15H/b8-7-,12-11-. The third kappa shape index (κ3) is 4.82. The first kappa shape index (κ1) is 21.9. The van der Waals surface area contributed by atoms with Gasteiger partial charge in [-0.2, -0.15) is 0 Å². The van der Waals surface area contributed by atoms with Gasteiger partial charge in [0.25, 0.3) is 0 Å². The van der Waals surface area contributed by atoms with Crippen LogP contribution in [0.4, 0.5) is 8.78 Å². The Labute approximate surface area is 201 Å². The minimum atomic E-state index is -0.894. The van der Waals surface area contributed by atoms with Gasteiger partial charge in [-0.05, 0) is 56.0 Å². The van der Waals surface area contributed by atoms with Gasteiger partial charge in [0.15, 0.2) is 11.6 Å². The van der Waals surface area contributed by atoms with Gasteiger partial charge in [-0.3, -0.25) is 0 Å². The molecule has 0 radical (unpaired) electrons. The van der Waals surface area contributed by atoms with Gasteiger partial charge in [0.2, 0.25) is 0 Å². The minimum Gasteiger partial charge on any atom is -0.203 e. The summed E-state index contributed by atoms with van der Waals surface area (Å²) in [7, 11) is 0. The molecule has 0 N–H and O–H groups in total. The van der Waals surface area contributed by atoms with Crippen LogP contribution in [0.25, 0.3) is 35.1 Å². The second kappa shape index (κ2) is 9.47. The van der Waals surface area contributed by atoms with E-state index in [4.69, 9.17) is 11.6 Å². The van der Waals surface area contributed by atoms with E-state index in [1.165, 1.54) is 6.08 Å². The Hall–Kier alpha value is -2.27. The Bertz CT molecular complexity index is 1340. The lowest BCUT2D eigenvalue weighted by Gasteiger charge is -2.06. The fourth-order valence-corrected chi connectivity index (χ4v) is 4.40. The van der Waals surface area contributed by atoms with Gasteiger partial charge in [0.05, 0.1) is 0 Å². The molecule has 0 atom stereocenters. The Morgan fingerprint density at radius 2 is 1.23 bits per heavy atom. The average Bonchev–Trinajstić information content (AvgIpc) is 2.77. The van der Waals surface area contributed by atoms with E-state index in [2.05, 4.69) is 31.9 Å². The summed E-state index contributed by atoms with van der Waals surface area (Å²) < 4.78 is 31.1. The lowest BCUT2D eigenvalue weighted by Crippen LogP contribution is -1.92. The second-order valence-electron chi connectivity index (χ2n) is 6.89. The second-order valence-corrected chi connectivity index (χ2v) is 8.98. The summed E-state index contributed by atoms with van der Waals surface area (Å²) in [6.45, 7) is 0. The monoisotopic (exact) mass is 558 g/mol. The molecule has 154 valence electrons. The van der Waals surface area contributed by atoms with Gasteiger partial charge in [-0.1, -0.05) is 100 Å². The molecule has 0 aromatic heterocycles. The van der Waals surface area contributed by atoms with E-state index in [0.717, 1.165) is 30.8 Å². The van der Waals surface area contributed by atoms with Crippen LogP contribution < -0.4 is 0 Å². The molecule has 0 unspecified atom stereocenters. The molecule has 4 aromatic rings. The smallest absolute Gasteiger partial charge is 0.166 e. The zero-order valence-electron chi connectivity index (χ0n) is 16.1. The molecule has 31 heavy (non-hydrogen) atoms. The van der Waals surface area contributed by atoms with Crippen molar-refractivity contribution in [2.75, 3.05) is 0 Å². The summed E-state index contributed by atoms with van der Waals surface area (Å²) >= 11 is 13.0. The lowest BCUT2D eigenvalue weighted by molar-refractivity contribution is 0.505. The summed E-state index contributed by atoms with van der Waals surface area (Å²) in [5.74, 6) is -1.78. The van der Waals surface area contributed by atoms with Crippen molar-refractivity contribution in [1.29, 1.82) is 0 Å². The van der Waals surface area contributed by atoms with Crippen LogP contribution in [0.2, 0.25) is 5.02 Å². The molecule has 0 fully saturated rings. The topological polar surface area (TPSA) is 0 Å². The minimum absolute atomic E-state index is 0.161. The number of halogens is 5. The highest BCUT2D eigenvalue weighted by Gasteiger charge is 2.11. The maximum Gasteiger partial charge on any atom is 0.166 e. The van der Waals surface area contributed by atoms with Crippen molar-refractivity contribution in [2.45, 2.75) is 0 Å². The Balaban J connectivity index is 1.63. The normalized spacial score (nSPS) is 11.8. The Morgan fingerprint density at radius 3 is 1.94 bits per heavy atom. The van der Waals surface area contributed by atoms with Crippen molar-refractivity contribution in [3.05, 3.63) is 115 Å². The maximum atomic E-state index is 14.7. The zero-order chi connectivity index (χ0) is 22.0. The van der Waals surface area contributed by atoms with Crippen LogP contribution >= 0.6 is 43.5 Å². The van der Waals surface area contributed by atoms with Gasteiger partial charge in [-0.25, -0.2) is 8.78 Å². The van der Waals surface area contributed by atoms with Crippen LogP contribution in [-0.4, -0.2) is 0 Å². The van der Waals surface area contributed by atoms with Crippen molar-refractivity contribution in [3.8, 4) is 0 Å². The average molecular weight is 561 g/mol. The van der Waals surface area contributed by atoms with Gasteiger partial charge >= 0.3 is 0 Å². The van der Waals surface area contributed by atoms with E-state index in [0.29, 0.717) is 5.02 Å². The van der Waals surface area contributed by atoms with Crippen molar-refractivity contribution in [2.24, 2.45) is 0 Å². The fourth-order valence-electron chi connectivity index (χ4n) is 3.22. The van der Waals surface area contributed by atoms with Crippen LogP contribution in [-0.2, 0) is 0 Å². The molecule has 0 aliphatic rings. The predicted octanol–water partition coefficient (Wildman–Crippen LogP) is 9.64. The van der Waals surface area contributed by atoms with Crippen LogP contribution in [0.3, 0.4) is 0 Å².